The molecular formula is C24H19N3O4. The van der Waals surface area contributed by atoms with Crippen LogP contribution in [0.25, 0.3) is 21.5 Å². The first-order valence-electron chi connectivity index (χ1n) is 10.3. The molecule has 0 saturated heterocycles. The van der Waals surface area contributed by atoms with Crippen molar-refractivity contribution in [2.75, 3.05) is 0 Å². The van der Waals surface area contributed by atoms with E-state index in [0.29, 0.717) is 6.42 Å². The van der Waals surface area contributed by atoms with E-state index in [1.807, 2.05) is 24.3 Å². The van der Waals surface area contributed by atoms with Gasteiger partial charge in [-0.25, -0.2) is 4.79 Å². The number of aromatic amines is 1. The second-order valence-electron chi connectivity index (χ2n) is 8.15. The number of nitrogens with one attached hydrogen (secondary N) is 1. The molecule has 1 aliphatic carbocycles. The summed E-state index contributed by atoms with van der Waals surface area (Å²) in [5.41, 5.74) is 0.725. The van der Waals surface area contributed by atoms with Gasteiger partial charge in [-0.15, -0.1) is 0 Å². The molecule has 0 radical (unpaired) electrons. The molecule has 154 valence electrons. The summed E-state index contributed by atoms with van der Waals surface area (Å²) in [6.07, 6.45) is 0.508. The molecule has 0 amide bonds. The van der Waals surface area contributed by atoms with Crippen molar-refractivity contribution in [3.8, 4) is 0 Å². The first-order valence-corrected chi connectivity index (χ1v) is 10.3. The summed E-state index contributed by atoms with van der Waals surface area (Å²) in [5.74, 6) is -0.326. The molecule has 3 aromatic carbocycles. The van der Waals surface area contributed by atoms with Crippen LogP contribution in [0.2, 0.25) is 0 Å². The second kappa shape index (κ2) is 6.65. The highest BCUT2D eigenvalue weighted by molar-refractivity contribution is 6.22. The number of benzene rings is 3. The summed E-state index contributed by atoms with van der Waals surface area (Å²) in [6, 6.07) is 19.3. The zero-order valence-electron chi connectivity index (χ0n) is 16.4. The van der Waals surface area contributed by atoms with Crippen LogP contribution in [0.1, 0.15) is 18.0 Å². The lowest BCUT2D eigenvalue weighted by Gasteiger charge is -2.22. The molecule has 1 saturated carbocycles. The van der Waals surface area contributed by atoms with E-state index in [-0.39, 0.29) is 12.0 Å². The smallest absolute Gasteiger partial charge is 0.328 e. The molecule has 0 unspecified atom stereocenters. The van der Waals surface area contributed by atoms with Crippen LogP contribution in [0.5, 0.6) is 0 Å². The van der Waals surface area contributed by atoms with Gasteiger partial charge in [-0.2, -0.15) is 0 Å². The summed E-state index contributed by atoms with van der Waals surface area (Å²) in [7, 11) is 0. The number of aliphatic hydroxyl groups is 1. The molecule has 1 fully saturated rings. The third kappa shape index (κ3) is 2.67. The molecule has 7 heteroatoms. The van der Waals surface area contributed by atoms with Crippen molar-refractivity contribution in [1.82, 2.24) is 9.55 Å². The number of rotatable bonds is 2. The van der Waals surface area contributed by atoms with Crippen LogP contribution >= 0.6 is 0 Å². The number of hydrogen-bond donors (Lipinski definition) is 2. The topological polar surface area (TPSA) is 96.7 Å². The number of aromatic nitrogens is 2. The second-order valence-corrected chi connectivity index (χ2v) is 8.15. The van der Waals surface area contributed by atoms with Crippen LogP contribution in [0.4, 0.5) is 0 Å². The lowest BCUT2D eigenvalue weighted by molar-refractivity contribution is -0.0104. The largest absolute Gasteiger partial charge is 0.389 e. The number of oxime groups is 1. The number of aliphatic hydroxyl groups excluding tert-OH is 1. The Morgan fingerprint density at radius 3 is 2.35 bits per heavy atom. The molecule has 31 heavy (non-hydrogen) atoms. The summed E-state index contributed by atoms with van der Waals surface area (Å²) in [4.78, 5) is 32.1. The average molecular weight is 413 g/mol. The minimum Gasteiger partial charge on any atom is -0.389 e. The molecule has 4 aromatic rings. The molecule has 4 atom stereocenters. The van der Waals surface area contributed by atoms with E-state index >= 15 is 0 Å². The summed E-state index contributed by atoms with van der Waals surface area (Å²) >= 11 is 0. The van der Waals surface area contributed by atoms with Gasteiger partial charge in [0, 0.05) is 17.8 Å². The summed E-state index contributed by atoms with van der Waals surface area (Å²) < 4.78 is 1.48. The molecule has 1 aliphatic heterocycles. The molecule has 0 bridgehead atoms. The molecule has 6 rings (SSSR count). The number of nitrogens with zero attached hydrogens (tertiary/aromatic N) is 2. The fraction of sp³-hybridized carbons (Fsp3) is 0.208. The van der Waals surface area contributed by atoms with Crippen LogP contribution in [-0.2, 0) is 4.84 Å². The maximum Gasteiger partial charge on any atom is 0.328 e. The quantitative estimate of drug-likeness (QED) is 0.494. The zero-order valence-corrected chi connectivity index (χ0v) is 16.4. The van der Waals surface area contributed by atoms with Gasteiger partial charge in [0.1, 0.15) is 0 Å². The number of hydrogen-bond acceptors (Lipinski definition) is 5. The first-order chi connectivity index (χ1) is 15.1. The minimum absolute atomic E-state index is 0.326. The monoisotopic (exact) mass is 413 g/mol. The molecule has 2 aliphatic rings. The Kier molecular flexibility index (Phi) is 3.88. The molecule has 2 N–H and O–H groups in total. The van der Waals surface area contributed by atoms with Crippen molar-refractivity contribution in [3.63, 3.8) is 0 Å². The first kappa shape index (κ1) is 18.1. The normalized spacial score (nSPS) is 24.9. The maximum atomic E-state index is 12.5. The van der Waals surface area contributed by atoms with E-state index in [1.165, 1.54) is 16.8 Å². The maximum absolute atomic E-state index is 12.5. The Morgan fingerprint density at radius 2 is 1.68 bits per heavy atom. The fourth-order valence-corrected chi connectivity index (χ4v) is 5.12. The van der Waals surface area contributed by atoms with E-state index in [9.17, 15) is 14.7 Å². The van der Waals surface area contributed by atoms with E-state index in [2.05, 4.69) is 40.5 Å². The van der Waals surface area contributed by atoms with Gasteiger partial charge < -0.3 is 9.94 Å². The Labute approximate surface area is 176 Å². The molecule has 0 spiro atoms. The van der Waals surface area contributed by atoms with Gasteiger partial charge in [0.15, 0.2) is 6.10 Å². The van der Waals surface area contributed by atoms with Crippen molar-refractivity contribution in [1.29, 1.82) is 0 Å². The Hall–Kier alpha value is -3.71. The highest BCUT2D eigenvalue weighted by Crippen LogP contribution is 2.45. The van der Waals surface area contributed by atoms with Gasteiger partial charge in [0.2, 0.25) is 0 Å². The van der Waals surface area contributed by atoms with Crippen LogP contribution < -0.4 is 11.2 Å². The van der Waals surface area contributed by atoms with Gasteiger partial charge in [-0.3, -0.25) is 14.3 Å². The number of fused-ring (bicyclic) bond motifs is 3. The summed E-state index contributed by atoms with van der Waals surface area (Å²) in [6.45, 7) is 0. The van der Waals surface area contributed by atoms with Gasteiger partial charge in [0.25, 0.3) is 5.56 Å². The predicted octanol–water partition coefficient (Wildman–Crippen LogP) is 2.57. The Balaban J connectivity index is 1.59. The van der Waals surface area contributed by atoms with Crippen molar-refractivity contribution < 1.29 is 9.94 Å². The lowest BCUT2D eigenvalue weighted by Crippen LogP contribution is -2.36. The van der Waals surface area contributed by atoms with Crippen LogP contribution in [-0.4, -0.2) is 32.6 Å². The van der Waals surface area contributed by atoms with E-state index in [1.54, 1.807) is 0 Å². The SMILES string of the molecule is O=c1ccn([C@@H]2C[C@H](O)[C@H]3ON=C(c4c5ccccc5cc5ccccc45)[C@H]32)c(=O)[nH]1. The number of H-pyrrole nitrogens is 1. The van der Waals surface area contributed by atoms with Gasteiger partial charge in [-0.05, 0) is 34.0 Å². The van der Waals surface area contributed by atoms with Gasteiger partial charge >= 0.3 is 5.69 Å². The Bertz CT molecular complexity index is 1430. The van der Waals surface area contributed by atoms with Crippen molar-refractivity contribution >= 4 is 27.3 Å². The Morgan fingerprint density at radius 1 is 1.00 bits per heavy atom. The predicted molar refractivity (Wildman–Crippen MR) is 117 cm³/mol. The molecule has 7 nitrogen and oxygen atoms in total. The highest BCUT2D eigenvalue weighted by Gasteiger charge is 2.52. The summed E-state index contributed by atoms with van der Waals surface area (Å²) in [5, 5.41) is 19.4. The van der Waals surface area contributed by atoms with E-state index in [4.69, 9.17) is 4.84 Å². The van der Waals surface area contributed by atoms with Crippen molar-refractivity contribution in [2.45, 2.75) is 24.7 Å². The molecular weight excluding hydrogens is 394 g/mol. The average Bonchev–Trinajstić information content (AvgIpc) is 3.33. The standard InChI is InChI=1S/C24H19N3O4/c28-18-12-17(27-10-9-19(29)25-24(27)30)21-22(26-31-23(18)21)20-15-7-3-1-5-13(15)11-14-6-2-4-8-16(14)20/h1-11,17-18,21,23,28H,12H2,(H,25,29,30)/t17-,18+,21-,23-/m1/s1. The van der Waals surface area contributed by atoms with E-state index in [0.717, 1.165) is 32.8 Å². The third-order valence-corrected chi connectivity index (χ3v) is 6.46. The zero-order chi connectivity index (χ0) is 21.1. The van der Waals surface area contributed by atoms with Gasteiger partial charge in [0.05, 0.1) is 23.8 Å². The van der Waals surface area contributed by atoms with Crippen molar-refractivity contribution in [2.24, 2.45) is 11.1 Å². The van der Waals surface area contributed by atoms with Crippen LogP contribution in [0.15, 0.2) is 81.6 Å². The molecule has 2 heterocycles. The minimum atomic E-state index is -0.767. The fourth-order valence-electron chi connectivity index (χ4n) is 5.12. The lowest BCUT2D eigenvalue weighted by atomic mass is 9.85. The third-order valence-electron chi connectivity index (χ3n) is 6.46. The molecule has 1 aromatic heterocycles. The van der Waals surface area contributed by atoms with Crippen LogP contribution in [0, 0.1) is 5.92 Å². The van der Waals surface area contributed by atoms with E-state index < -0.39 is 23.5 Å². The van der Waals surface area contributed by atoms with Gasteiger partial charge in [-0.1, -0.05) is 53.7 Å². The van der Waals surface area contributed by atoms with Crippen LogP contribution in [0.3, 0.4) is 0 Å². The van der Waals surface area contributed by atoms with Crippen molar-refractivity contribution in [3.05, 3.63) is 93.3 Å². The highest BCUT2D eigenvalue weighted by atomic mass is 16.7.